The van der Waals surface area contributed by atoms with Gasteiger partial charge in [-0.1, -0.05) is 19.3 Å². The Morgan fingerprint density at radius 3 is 2.09 bits per heavy atom. The molecule has 0 spiro atoms. The number of hydrogen-bond acceptors (Lipinski definition) is 5. The summed E-state index contributed by atoms with van der Waals surface area (Å²) in [4.78, 5) is 36.6. The lowest BCUT2D eigenvalue weighted by molar-refractivity contribution is -0.114. The van der Waals surface area contributed by atoms with Crippen molar-refractivity contribution in [1.29, 1.82) is 0 Å². The molecule has 1 saturated carbocycles. The van der Waals surface area contributed by atoms with Gasteiger partial charge in [0.1, 0.15) is 0 Å². The molecule has 0 saturated heterocycles. The smallest absolute Gasteiger partial charge is 0.251 e. The van der Waals surface area contributed by atoms with Crippen molar-refractivity contribution in [3.8, 4) is 0 Å². The second-order valence-corrected chi connectivity index (χ2v) is 8.11. The molecule has 0 unspecified atom stereocenters. The maximum atomic E-state index is 12.4. The van der Waals surface area contributed by atoms with Crippen molar-refractivity contribution in [1.82, 2.24) is 10.6 Å². The summed E-state index contributed by atoms with van der Waals surface area (Å²) in [5, 5.41) is 11.7. The zero-order valence-electron chi connectivity index (χ0n) is 19.0. The molecule has 0 atom stereocenters. The lowest BCUT2D eigenvalue weighted by Gasteiger charge is -2.22. The number of carbonyl (C=O) groups is 3. The lowest BCUT2D eigenvalue weighted by Crippen LogP contribution is -2.36. The Hall–Kier alpha value is -3.39. The van der Waals surface area contributed by atoms with E-state index in [4.69, 9.17) is 4.74 Å². The van der Waals surface area contributed by atoms with Crippen LogP contribution in [0.2, 0.25) is 0 Å². The highest BCUT2D eigenvalue weighted by atomic mass is 16.5. The van der Waals surface area contributed by atoms with Gasteiger partial charge < -0.3 is 26.0 Å². The van der Waals surface area contributed by atoms with Gasteiger partial charge in [0.2, 0.25) is 5.91 Å². The molecule has 0 aromatic heterocycles. The van der Waals surface area contributed by atoms with E-state index >= 15 is 0 Å². The molecule has 8 heteroatoms. The van der Waals surface area contributed by atoms with Crippen molar-refractivity contribution in [3.63, 3.8) is 0 Å². The summed E-state index contributed by atoms with van der Waals surface area (Å²) in [6.07, 6.45) is 5.68. The number of methoxy groups -OCH3 is 1. The largest absolute Gasteiger partial charge is 0.383 e. The van der Waals surface area contributed by atoms with E-state index in [1.807, 2.05) is 0 Å². The molecule has 0 bridgehead atoms. The summed E-state index contributed by atoms with van der Waals surface area (Å²) in [6.45, 7) is 0.960. The van der Waals surface area contributed by atoms with Crippen molar-refractivity contribution in [2.24, 2.45) is 0 Å². The number of carbonyl (C=O) groups excluding carboxylic acids is 3. The Labute approximate surface area is 194 Å². The minimum Gasteiger partial charge on any atom is -0.383 e. The van der Waals surface area contributed by atoms with Gasteiger partial charge in [-0.15, -0.1) is 0 Å². The molecule has 2 aromatic carbocycles. The first kappa shape index (κ1) is 24.3. The van der Waals surface area contributed by atoms with E-state index in [1.54, 1.807) is 55.6 Å². The monoisotopic (exact) mass is 452 g/mol. The Balaban J connectivity index is 1.42. The van der Waals surface area contributed by atoms with Crippen LogP contribution in [0.4, 0.5) is 11.4 Å². The molecule has 0 radical (unpaired) electrons. The van der Waals surface area contributed by atoms with Crippen LogP contribution in [-0.2, 0) is 9.53 Å². The van der Waals surface area contributed by atoms with Gasteiger partial charge in [0.25, 0.3) is 11.8 Å². The van der Waals surface area contributed by atoms with Gasteiger partial charge in [0.15, 0.2) is 0 Å². The predicted octanol–water partition coefficient (Wildman–Crippen LogP) is 3.18. The van der Waals surface area contributed by atoms with Gasteiger partial charge >= 0.3 is 0 Å². The third kappa shape index (κ3) is 7.91. The van der Waals surface area contributed by atoms with E-state index in [-0.39, 0.29) is 30.3 Å². The Morgan fingerprint density at radius 2 is 1.45 bits per heavy atom. The molecule has 1 fully saturated rings. The fourth-order valence-electron chi connectivity index (χ4n) is 3.72. The van der Waals surface area contributed by atoms with Crippen molar-refractivity contribution >= 4 is 29.1 Å². The molecule has 0 heterocycles. The van der Waals surface area contributed by atoms with Gasteiger partial charge in [-0.3, -0.25) is 14.4 Å². The van der Waals surface area contributed by atoms with E-state index in [0.717, 1.165) is 18.5 Å². The normalized spacial score (nSPS) is 13.7. The van der Waals surface area contributed by atoms with Crippen LogP contribution >= 0.6 is 0 Å². The number of rotatable bonds is 10. The SMILES string of the molecule is COCCNC(=O)c1ccc(NC(=O)CNc2ccc(C(=O)NC3CCCCC3)cc2)cc1. The molecule has 0 aliphatic heterocycles. The summed E-state index contributed by atoms with van der Waals surface area (Å²) in [5.41, 5.74) is 2.48. The Kier molecular flexibility index (Phi) is 9.26. The number of amides is 3. The zero-order valence-corrected chi connectivity index (χ0v) is 19.0. The van der Waals surface area contributed by atoms with E-state index in [9.17, 15) is 14.4 Å². The molecular formula is C25H32N4O4. The van der Waals surface area contributed by atoms with Gasteiger partial charge in [-0.25, -0.2) is 0 Å². The topological polar surface area (TPSA) is 109 Å². The van der Waals surface area contributed by atoms with E-state index < -0.39 is 0 Å². The Bertz CT molecular complexity index is 922. The second kappa shape index (κ2) is 12.6. The van der Waals surface area contributed by atoms with Gasteiger partial charge in [-0.05, 0) is 61.4 Å². The van der Waals surface area contributed by atoms with E-state index in [0.29, 0.717) is 30.0 Å². The molecule has 3 amide bonds. The molecule has 1 aliphatic rings. The molecule has 8 nitrogen and oxygen atoms in total. The first-order chi connectivity index (χ1) is 16.0. The van der Waals surface area contributed by atoms with Crippen molar-refractivity contribution in [2.75, 3.05) is 37.4 Å². The summed E-state index contributed by atoms with van der Waals surface area (Å²) in [7, 11) is 1.57. The van der Waals surface area contributed by atoms with Crippen LogP contribution in [0, 0.1) is 0 Å². The van der Waals surface area contributed by atoms with Crippen LogP contribution in [-0.4, -0.2) is 50.6 Å². The first-order valence-corrected chi connectivity index (χ1v) is 11.4. The highest BCUT2D eigenvalue weighted by Gasteiger charge is 2.16. The number of ether oxygens (including phenoxy) is 1. The van der Waals surface area contributed by atoms with Crippen LogP contribution in [0.3, 0.4) is 0 Å². The zero-order chi connectivity index (χ0) is 23.5. The number of nitrogens with one attached hydrogen (secondary N) is 4. The maximum absolute atomic E-state index is 12.4. The standard InChI is InChI=1S/C25H32N4O4/c1-33-16-15-26-24(31)18-9-13-22(14-10-18)28-23(30)17-27-20-11-7-19(8-12-20)25(32)29-21-5-3-2-4-6-21/h7-14,21,27H,2-6,15-17H2,1H3,(H,26,31)(H,28,30)(H,29,32). The maximum Gasteiger partial charge on any atom is 0.251 e. The number of anilines is 2. The number of benzene rings is 2. The minimum atomic E-state index is -0.216. The summed E-state index contributed by atoms with van der Waals surface area (Å²) in [6, 6.07) is 14.0. The van der Waals surface area contributed by atoms with E-state index in [2.05, 4.69) is 21.3 Å². The molecule has 2 aromatic rings. The highest BCUT2D eigenvalue weighted by molar-refractivity contribution is 5.97. The molecule has 3 rings (SSSR count). The molecule has 1 aliphatic carbocycles. The van der Waals surface area contributed by atoms with E-state index in [1.165, 1.54) is 19.3 Å². The molecular weight excluding hydrogens is 420 g/mol. The van der Waals surface area contributed by atoms with Gasteiger partial charge in [0, 0.05) is 42.2 Å². The van der Waals surface area contributed by atoms with Crippen molar-refractivity contribution in [3.05, 3.63) is 59.7 Å². The highest BCUT2D eigenvalue weighted by Crippen LogP contribution is 2.18. The molecule has 176 valence electrons. The summed E-state index contributed by atoms with van der Waals surface area (Å²) < 4.78 is 4.90. The lowest BCUT2D eigenvalue weighted by atomic mass is 9.95. The average molecular weight is 453 g/mol. The quantitative estimate of drug-likeness (QED) is 0.414. The third-order valence-electron chi connectivity index (χ3n) is 5.56. The van der Waals surface area contributed by atoms with Gasteiger partial charge in [-0.2, -0.15) is 0 Å². The third-order valence-corrected chi connectivity index (χ3v) is 5.56. The summed E-state index contributed by atoms with van der Waals surface area (Å²) >= 11 is 0. The van der Waals surface area contributed by atoms with Gasteiger partial charge in [0.05, 0.1) is 13.2 Å². The predicted molar refractivity (Wildman–Crippen MR) is 129 cm³/mol. The average Bonchev–Trinajstić information content (AvgIpc) is 2.84. The molecule has 4 N–H and O–H groups in total. The van der Waals surface area contributed by atoms with Crippen LogP contribution in [0.5, 0.6) is 0 Å². The van der Waals surface area contributed by atoms with Crippen molar-refractivity contribution < 1.29 is 19.1 Å². The van der Waals surface area contributed by atoms with Crippen LogP contribution < -0.4 is 21.3 Å². The molecule has 33 heavy (non-hydrogen) atoms. The summed E-state index contributed by atoms with van der Waals surface area (Å²) in [5.74, 6) is -0.462. The van der Waals surface area contributed by atoms with Crippen LogP contribution in [0.1, 0.15) is 52.8 Å². The van der Waals surface area contributed by atoms with Crippen molar-refractivity contribution in [2.45, 2.75) is 38.1 Å². The first-order valence-electron chi connectivity index (χ1n) is 11.4. The minimum absolute atomic E-state index is 0.0537. The van der Waals surface area contributed by atoms with Crippen LogP contribution in [0.25, 0.3) is 0 Å². The fourth-order valence-corrected chi connectivity index (χ4v) is 3.72. The fraction of sp³-hybridized carbons (Fsp3) is 0.400. The van der Waals surface area contributed by atoms with Crippen LogP contribution in [0.15, 0.2) is 48.5 Å². The number of hydrogen-bond donors (Lipinski definition) is 4. The second-order valence-electron chi connectivity index (χ2n) is 8.11. The Morgan fingerprint density at radius 1 is 0.848 bits per heavy atom.